The third-order valence-electron chi connectivity index (χ3n) is 4.39. The van der Waals surface area contributed by atoms with E-state index in [0.717, 1.165) is 12.1 Å². The first kappa shape index (κ1) is 17.4. The maximum atomic E-state index is 13.5. The highest BCUT2D eigenvalue weighted by atomic mass is 19.1. The maximum Gasteiger partial charge on any atom is 0.229 e. The predicted octanol–water partition coefficient (Wildman–Crippen LogP) is 2.32. The summed E-state index contributed by atoms with van der Waals surface area (Å²) in [4.78, 5) is 12.8. The van der Waals surface area contributed by atoms with Gasteiger partial charge in [0.25, 0.3) is 0 Å². The summed E-state index contributed by atoms with van der Waals surface area (Å²) in [6.07, 6.45) is 3.75. The van der Waals surface area contributed by atoms with E-state index in [1.807, 2.05) is 33.3 Å². The number of benzene rings is 1. The molecule has 0 unspecified atom stereocenters. The van der Waals surface area contributed by atoms with Crippen molar-refractivity contribution in [2.24, 2.45) is 13.0 Å². The van der Waals surface area contributed by atoms with Gasteiger partial charge >= 0.3 is 0 Å². The average Bonchev–Trinajstić information content (AvgIpc) is 3.17. The molecular formula is C18H24FN5O. The van der Waals surface area contributed by atoms with E-state index in [4.69, 9.17) is 0 Å². The van der Waals surface area contributed by atoms with Crippen molar-refractivity contribution in [3.05, 3.63) is 42.0 Å². The van der Waals surface area contributed by atoms with Crippen molar-refractivity contribution in [1.29, 1.82) is 0 Å². The normalized spacial score (nSPS) is 20.0. The zero-order chi connectivity index (χ0) is 18.0. The number of halogens is 1. The van der Waals surface area contributed by atoms with Gasteiger partial charge in [0.05, 0.1) is 23.5 Å². The smallest absolute Gasteiger partial charge is 0.229 e. The molecule has 1 aromatic heterocycles. The van der Waals surface area contributed by atoms with E-state index in [1.54, 1.807) is 10.7 Å². The van der Waals surface area contributed by atoms with Gasteiger partial charge in [-0.2, -0.15) is 5.10 Å². The topological polar surface area (TPSA) is 71.0 Å². The van der Waals surface area contributed by atoms with Crippen LogP contribution in [0.5, 0.6) is 0 Å². The van der Waals surface area contributed by atoms with Crippen molar-refractivity contribution in [3.8, 4) is 0 Å². The van der Waals surface area contributed by atoms with E-state index in [1.165, 1.54) is 12.1 Å². The zero-order valence-corrected chi connectivity index (χ0v) is 14.7. The van der Waals surface area contributed by atoms with Crippen molar-refractivity contribution in [2.75, 3.05) is 23.7 Å². The summed E-state index contributed by atoms with van der Waals surface area (Å²) in [6, 6.07) is 4.49. The molecular weight excluding hydrogens is 321 g/mol. The number of rotatable bonds is 5. The van der Waals surface area contributed by atoms with Gasteiger partial charge in [0.1, 0.15) is 5.82 Å². The fourth-order valence-electron chi connectivity index (χ4n) is 3.22. The van der Waals surface area contributed by atoms with Crippen LogP contribution < -0.4 is 16.0 Å². The van der Waals surface area contributed by atoms with E-state index < -0.39 is 0 Å². The van der Waals surface area contributed by atoms with Gasteiger partial charge in [0.2, 0.25) is 5.91 Å². The summed E-state index contributed by atoms with van der Waals surface area (Å²) in [5.41, 5.74) is 2.23. The lowest BCUT2D eigenvalue weighted by Gasteiger charge is -2.20. The van der Waals surface area contributed by atoms with E-state index in [2.05, 4.69) is 21.0 Å². The molecule has 0 bridgehead atoms. The van der Waals surface area contributed by atoms with Crippen LogP contribution in [0.25, 0.3) is 0 Å². The minimum Gasteiger partial charge on any atom is -0.381 e. The Kier molecular flexibility index (Phi) is 5.03. The van der Waals surface area contributed by atoms with E-state index in [-0.39, 0.29) is 29.6 Å². The van der Waals surface area contributed by atoms with Crippen LogP contribution in [-0.4, -0.2) is 34.8 Å². The van der Waals surface area contributed by atoms with Gasteiger partial charge in [-0.25, -0.2) is 4.39 Å². The molecule has 7 heteroatoms. The Bertz CT molecular complexity index is 758. The van der Waals surface area contributed by atoms with Crippen LogP contribution in [0.15, 0.2) is 30.6 Å². The van der Waals surface area contributed by atoms with Gasteiger partial charge in [-0.05, 0) is 37.6 Å². The van der Waals surface area contributed by atoms with Gasteiger partial charge in [-0.1, -0.05) is 0 Å². The summed E-state index contributed by atoms with van der Waals surface area (Å²) < 4.78 is 15.3. The number of nitrogens with one attached hydrogen (secondary N) is 3. The quantitative estimate of drug-likeness (QED) is 0.778. The summed E-state index contributed by atoms with van der Waals surface area (Å²) in [7, 11) is 1.86. The van der Waals surface area contributed by atoms with Crippen LogP contribution in [0.3, 0.4) is 0 Å². The SMILES string of the molecule is CC(C)Nc1cc(F)ccc1NC(=O)[C@H]1CNC[C@@H]1c1cnn(C)c1. The predicted molar refractivity (Wildman–Crippen MR) is 96.1 cm³/mol. The molecule has 1 aliphatic heterocycles. The molecule has 1 saturated heterocycles. The van der Waals surface area contributed by atoms with E-state index in [0.29, 0.717) is 17.9 Å². The fourth-order valence-corrected chi connectivity index (χ4v) is 3.22. The summed E-state index contributed by atoms with van der Waals surface area (Å²) >= 11 is 0. The van der Waals surface area contributed by atoms with Crippen molar-refractivity contribution in [1.82, 2.24) is 15.1 Å². The number of anilines is 2. The number of carbonyl (C=O) groups is 1. The number of carbonyl (C=O) groups excluding carboxylic acids is 1. The van der Waals surface area contributed by atoms with Crippen molar-refractivity contribution in [2.45, 2.75) is 25.8 Å². The van der Waals surface area contributed by atoms with Gasteiger partial charge < -0.3 is 16.0 Å². The molecule has 2 heterocycles. The molecule has 6 nitrogen and oxygen atoms in total. The molecule has 1 fully saturated rings. The van der Waals surface area contributed by atoms with Crippen LogP contribution >= 0.6 is 0 Å². The van der Waals surface area contributed by atoms with Crippen molar-refractivity contribution in [3.63, 3.8) is 0 Å². The molecule has 2 atom stereocenters. The molecule has 0 aliphatic carbocycles. The Balaban J connectivity index is 1.77. The number of hydrogen-bond acceptors (Lipinski definition) is 4. The van der Waals surface area contributed by atoms with Gasteiger partial charge in [-0.15, -0.1) is 0 Å². The largest absolute Gasteiger partial charge is 0.381 e. The molecule has 3 rings (SSSR count). The van der Waals surface area contributed by atoms with Crippen LogP contribution in [0.4, 0.5) is 15.8 Å². The molecule has 25 heavy (non-hydrogen) atoms. The van der Waals surface area contributed by atoms with Crippen LogP contribution in [-0.2, 0) is 11.8 Å². The van der Waals surface area contributed by atoms with Gasteiger partial charge in [0.15, 0.2) is 0 Å². The lowest BCUT2D eigenvalue weighted by atomic mass is 9.90. The average molecular weight is 345 g/mol. The standard InChI is InChI=1S/C18H24FN5O/c1-11(2)22-17-6-13(19)4-5-16(17)23-18(25)15-9-20-8-14(15)12-7-21-24(3)10-12/h4-7,10-11,14-15,20,22H,8-9H2,1-3H3,(H,23,25)/t14-,15+/m1/s1. The van der Waals surface area contributed by atoms with Gasteiger partial charge in [-0.3, -0.25) is 9.48 Å². The fraction of sp³-hybridized carbons (Fsp3) is 0.444. The summed E-state index contributed by atoms with van der Waals surface area (Å²) in [5.74, 6) is -0.522. The highest BCUT2D eigenvalue weighted by Gasteiger charge is 2.35. The first-order valence-electron chi connectivity index (χ1n) is 8.50. The second-order valence-electron chi connectivity index (χ2n) is 6.80. The number of nitrogens with zero attached hydrogens (tertiary/aromatic N) is 2. The Morgan fingerprint density at radius 3 is 2.84 bits per heavy atom. The second-order valence-corrected chi connectivity index (χ2v) is 6.80. The highest BCUT2D eigenvalue weighted by molar-refractivity contribution is 5.96. The molecule has 0 saturated carbocycles. The minimum absolute atomic E-state index is 0.0720. The zero-order valence-electron chi connectivity index (χ0n) is 14.7. The molecule has 1 aliphatic rings. The number of aromatic nitrogens is 2. The van der Waals surface area contributed by atoms with E-state index in [9.17, 15) is 9.18 Å². The molecule has 134 valence electrons. The third kappa shape index (κ3) is 3.99. The first-order valence-corrected chi connectivity index (χ1v) is 8.50. The first-order chi connectivity index (χ1) is 11.9. The number of hydrogen-bond donors (Lipinski definition) is 3. The van der Waals surface area contributed by atoms with Crippen molar-refractivity contribution >= 4 is 17.3 Å². The number of amides is 1. The Hall–Kier alpha value is -2.41. The maximum absolute atomic E-state index is 13.5. The molecule has 3 N–H and O–H groups in total. The Labute approximate surface area is 146 Å². The highest BCUT2D eigenvalue weighted by Crippen LogP contribution is 2.30. The lowest BCUT2D eigenvalue weighted by molar-refractivity contribution is -0.119. The third-order valence-corrected chi connectivity index (χ3v) is 4.39. The molecule has 1 aromatic carbocycles. The summed E-state index contributed by atoms with van der Waals surface area (Å²) in [6.45, 7) is 5.29. The monoisotopic (exact) mass is 345 g/mol. The molecule has 1 amide bonds. The summed E-state index contributed by atoms with van der Waals surface area (Å²) in [5, 5.41) is 13.6. The Morgan fingerprint density at radius 2 is 2.16 bits per heavy atom. The van der Waals surface area contributed by atoms with Crippen LogP contribution in [0.2, 0.25) is 0 Å². The lowest BCUT2D eigenvalue weighted by Crippen LogP contribution is -2.28. The number of aryl methyl sites for hydroxylation is 1. The van der Waals surface area contributed by atoms with Crippen LogP contribution in [0, 0.1) is 11.7 Å². The van der Waals surface area contributed by atoms with Crippen molar-refractivity contribution < 1.29 is 9.18 Å². The Morgan fingerprint density at radius 1 is 1.36 bits per heavy atom. The second kappa shape index (κ2) is 7.23. The minimum atomic E-state index is -0.336. The van der Waals surface area contributed by atoms with Gasteiger partial charge in [0, 0.05) is 38.3 Å². The molecule has 0 spiro atoms. The molecule has 0 radical (unpaired) electrons. The molecule has 2 aromatic rings. The van der Waals surface area contributed by atoms with Crippen LogP contribution in [0.1, 0.15) is 25.3 Å². The van der Waals surface area contributed by atoms with E-state index >= 15 is 0 Å².